The van der Waals surface area contributed by atoms with Crippen LogP contribution in [-0.4, -0.2) is 22.3 Å². The number of para-hydroxylation sites is 1. The van der Waals surface area contributed by atoms with Crippen molar-refractivity contribution in [3.05, 3.63) is 71.1 Å². The van der Waals surface area contributed by atoms with Crippen molar-refractivity contribution in [3.8, 4) is 0 Å². The topological polar surface area (TPSA) is 36.1 Å². The van der Waals surface area contributed by atoms with Gasteiger partial charge in [-0.25, -0.2) is 0 Å². The molecule has 1 amide bonds. The van der Waals surface area contributed by atoms with Crippen molar-refractivity contribution < 1.29 is 4.79 Å². The molecule has 2 aromatic heterocycles. The van der Waals surface area contributed by atoms with E-state index in [2.05, 4.69) is 42.0 Å². The number of fused-ring (bicyclic) bond motifs is 1. The zero-order valence-electron chi connectivity index (χ0n) is 13.7. The minimum atomic E-state index is 0.197. The molecular weight excluding hydrogens is 316 g/mol. The zero-order valence-corrected chi connectivity index (χ0v) is 14.5. The van der Waals surface area contributed by atoms with Crippen molar-refractivity contribution >= 4 is 28.1 Å². The molecule has 0 saturated carbocycles. The van der Waals surface area contributed by atoms with Gasteiger partial charge in [0.25, 0.3) is 0 Å². The summed E-state index contributed by atoms with van der Waals surface area (Å²) in [6.07, 6.45) is 6.20. The predicted octanol–water partition coefficient (Wildman–Crippen LogP) is 4.77. The molecule has 0 aliphatic rings. The number of aromatic nitrogens is 1. The minimum Gasteiger partial charge on any atom is -0.361 e. The lowest BCUT2D eigenvalue weighted by atomic mass is 10.1. The summed E-state index contributed by atoms with van der Waals surface area (Å²) >= 11 is 1.69. The molecule has 0 bridgehead atoms. The first-order chi connectivity index (χ1) is 11.8. The lowest BCUT2D eigenvalue weighted by molar-refractivity contribution is -0.131. The number of thiophene rings is 1. The van der Waals surface area contributed by atoms with Crippen LogP contribution in [0.25, 0.3) is 10.9 Å². The van der Waals surface area contributed by atoms with Gasteiger partial charge in [0.1, 0.15) is 0 Å². The molecule has 0 unspecified atom stereocenters. The summed E-state index contributed by atoms with van der Waals surface area (Å²) in [5, 5.41) is 3.30. The van der Waals surface area contributed by atoms with E-state index in [-0.39, 0.29) is 5.91 Å². The number of aromatic amines is 1. The Bertz CT molecular complexity index is 804. The number of aryl methyl sites for hydroxylation is 1. The van der Waals surface area contributed by atoms with Crippen LogP contribution >= 0.6 is 11.3 Å². The number of H-pyrrole nitrogens is 1. The highest BCUT2D eigenvalue weighted by molar-refractivity contribution is 7.09. The molecule has 0 aliphatic heterocycles. The highest BCUT2D eigenvalue weighted by Crippen LogP contribution is 2.20. The first-order valence-corrected chi connectivity index (χ1v) is 9.12. The van der Waals surface area contributed by atoms with Crippen molar-refractivity contribution in [1.29, 1.82) is 0 Å². The number of benzene rings is 1. The van der Waals surface area contributed by atoms with Gasteiger partial charge < -0.3 is 9.88 Å². The smallest absolute Gasteiger partial charge is 0.223 e. The van der Waals surface area contributed by atoms with Gasteiger partial charge in [0.05, 0.1) is 6.54 Å². The van der Waals surface area contributed by atoms with Crippen LogP contribution in [-0.2, 0) is 17.8 Å². The summed E-state index contributed by atoms with van der Waals surface area (Å²) in [5.41, 5.74) is 2.44. The number of rotatable bonds is 8. The highest BCUT2D eigenvalue weighted by atomic mass is 32.1. The molecule has 24 heavy (non-hydrogen) atoms. The summed E-state index contributed by atoms with van der Waals surface area (Å²) in [5.74, 6) is 0.197. The van der Waals surface area contributed by atoms with E-state index >= 15 is 0 Å². The normalized spacial score (nSPS) is 10.8. The van der Waals surface area contributed by atoms with Gasteiger partial charge in [-0.1, -0.05) is 30.3 Å². The molecule has 3 rings (SSSR count). The number of nitrogens with zero attached hydrogens (tertiary/aromatic N) is 1. The first kappa shape index (κ1) is 16.5. The Morgan fingerprint density at radius 2 is 2.12 bits per heavy atom. The molecule has 3 nitrogen and oxygen atoms in total. The molecule has 0 saturated heterocycles. The SMILES string of the molecule is C=CCN(Cc1cccs1)C(=O)CCCc1c[nH]c2ccccc12. The molecule has 3 aromatic rings. The number of nitrogens with one attached hydrogen (secondary N) is 1. The first-order valence-electron chi connectivity index (χ1n) is 8.24. The Balaban J connectivity index is 1.56. The van der Waals surface area contributed by atoms with Gasteiger partial charge in [-0.05, 0) is 35.9 Å². The zero-order chi connectivity index (χ0) is 16.8. The van der Waals surface area contributed by atoms with E-state index in [4.69, 9.17) is 0 Å². The van der Waals surface area contributed by atoms with Crippen molar-refractivity contribution in [3.63, 3.8) is 0 Å². The van der Waals surface area contributed by atoms with Crippen LogP contribution in [0.3, 0.4) is 0 Å². The van der Waals surface area contributed by atoms with Gasteiger partial charge in [0.15, 0.2) is 0 Å². The van der Waals surface area contributed by atoms with Gasteiger partial charge >= 0.3 is 0 Å². The van der Waals surface area contributed by atoms with Crippen LogP contribution in [0.2, 0.25) is 0 Å². The quantitative estimate of drug-likeness (QED) is 0.590. The van der Waals surface area contributed by atoms with Crippen molar-refractivity contribution in [1.82, 2.24) is 9.88 Å². The molecule has 124 valence electrons. The number of carbonyl (C=O) groups is 1. The molecule has 2 heterocycles. The molecule has 0 radical (unpaired) electrons. The third-order valence-corrected chi connectivity index (χ3v) is 5.00. The summed E-state index contributed by atoms with van der Waals surface area (Å²) in [7, 11) is 0. The molecule has 1 N–H and O–H groups in total. The van der Waals surface area contributed by atoms with Crippen LogP contribution in [0.4, 0.5) is 0 Å². The van der Waals surface area contributed by atoms with Crippen molar-refractivity contribution in [2.24, 2.45) is 0 Å². The largest absolute Gasteiger partial charge is 0.361 e. The van der Waals surface area contributed by atoms with E-state index in [1.807, 2.05) is 22.4 Å². The van der Waals surface area contributed by atoms with E-state index in [0.717, 1.165) is 18.4 Å². The van der Waals surface area contributed by atoms with E-state index in [1.165, 1.54) is 15.8 Å². The minimum absolute atomic E-state index is 0.197. The second-order valence-corrected chi connectivity index (χ2v) is 6.89. The van der Waals surface area contributed by atoms with Crippen LogP contribution in [0.15, 0.2) is 60.6 Å². The summed E-state index contributed by atoms with van der Waals surface area (Å²) in [4.78, 5) is 18.9. The maximum absolute atomic E-state index is 12.5. The van der Waals surface area contributed by atoms with Crippen LogP contribution < -0.4 is 0 Å². The van der Waals surface area contributed by atoms with Crippen molar-refractivity contribution in [2.45, 2.75) is 25.8 Å². The van der Waals surface area contributed by atoms with Gasteiger partial charge in [-0.2, -0.15) is 0 Å². The molecule has 0 fully saturated rings. The number of carbonyl (C=O) groups excluding carboxylic acids is 1. The number of hydrogen-bond acceptors (Lipinski definition) is 2. The molecule has 4 heteroatoms. The third kappa shape index (κ3) is 3.95. The van der Waals surface area contributed by atoms with E-state index in [0.29, 0.717) is 19.5 Å². The van der Waals surface area contributed by atoms with E-state index in [1.54, 1.807) is 17.4 Å². The fourth-order valence-corrected chi connectivity index (χ4v) is 3.65. The third-order valence-electron chi connectivity index (χ3n) is 4.14. The molecule has 0 atom stereocenters. The van der Waals surface area contributed by atoms with Crippen LogP contribution in [0, 0.1) is 0 Å². The van der Waals surface area contributed by atoms with Gasteiger partial charge in [0.2, 0.25) is 5.91 Å². The van der Waals surface area contributed by atoms with E-state index < -0.39 is 0 Å². The monoisotopic (exact) mass is 338 g/mol. The Labute approximate surface area is 146 Å². The average molecular weight is 338 g/mol. The molecule has 0 aliphatic carbocycles. The van der Waals surface area contributed by atoms with Gasteiger partial charge in [-0.3, -0.25) is 4.79 Å². The molecular formula is C20H22N2OS. The second kappa shape index (κ2) is 7.97. The summed E-state index contributed by atoms with van der Waals surface area (Å²) in [6, 6.07) is 12.4. The Hall–Kier alpha value is -2.33. The van der Waals surface area contributed by atoms with Crippen molar-refractivity contribution in [2.75, 3.05) is 6.54 Å². The fourth-order valence-electron chi connectivity index (χ4n) is 2.93. The summed E-state index contributed by atoms with van der Waals surface area (Å²) < 4.78 is 0. The standard InChI is InChI=1S/C20H22N2OS/c1-2-12-22(15-17-8-6-13-24-17)20(23)11-5-7-16-14-21-19-10-4-3-9-18(16)19/h2-4,6,8-10,13-14,21H,1,5,7,11-12,15H2. The van der Waals surface area contributed by atoms with Crippen LogP contribution in [0.5, 0.6) is 0 Å². The van der Waals surface area contributed by atoms with Crippen LogP contribution in [0.1, 0.15) is 23.3 Å². The number of amides is 1. The molecule has 0 spiro atoms. The summed E-state index contributed by atoms with van der Waals surface area (Å²) in [6.45, 7) is 5.05. The lowest BCUT2D eigenvalue weighted by Crippen LogP contribution is -2.30. The van der Waals surface area contributed by atoms with Gasteiger partial charge in [-0.15, -0.1) is 17.9 Å². The fraction of sp³-hybridized carbons (Fsp3) is 0.250. The predicted molar refractivity (Wildman–Crippen MR) is 101 cm³/mol. The second-order valence-electron chi connectivity index (χ2n) is 5.86. The van der Waals surface area contributed by atoms with E-state index in [9.17, 15) is 4.79 Å². The average Bonchev–Trinajstić information content (AvgIpc) is 3.24. The number of hydrogen-bond donors (Lipinski definition) is 1. The highest BCUT2D eigenvalue weighted by Gasteiger charge is 2.13. The maximum atomic E-state index is 12.5. The Morgan fingerprint density at radius 3 is 2.92 bits per heavy atom. The van der Waals surface area contributed by atoms with Gasteiger partial charge in [0, 0.05) is 34.9 Å². The molecule has 1 aromatic carbocycles. The maximum Gasteiger partial charge on any atom is 0.223 e. The Kier molecular flexibility index (Phi) is 5.49. The Morgan fingerprint density at radius 1 is 1.25 bits per heavy atom. The lowest BCUT2D eigenvalue weighted by Gasteiger charge is -2.20.